The van der Waals surface area contributed by atoms with Crippen molar-refractivity contribution >= 4 is 21.6 Å². The summed E-state index contributed by atoms with van der Waals surface area (Å²) >= 11 is 3.28. The molecule has 0 aromatic heterocycles. The lowest BCUT2D eigenvalue weighted by Crippen LogP contribution is -2.44. The van der Waals surface area contributed by atoms with Crippen LogP contribution >= 0.6 is 15.9 Å². The van der Waals surface area contributed by atoms with Gasteiger partial charge in [0.1, 0.15) is 0 Å². The van der Waals surface area contributed by atoms with Gasteiger partial charge in [0.2, 0.25) is 0 Å². The minimum Gasteiger partial charge on any atom is -0.370 e. The van der Waals surface area contributed by atoms with Crippen LogP contribution in [0.3, 0.4) is 0 Å². The lowest BCUT2D eigenvalue weighted by atomic mass is 10.0. The third-order valence-electron chi connectivity index (χ3n) is 3.84. The van der Waals surface area contributed by atoms with Crippen molar-refractivity contribution in [1.29, 1.82) is 0 Å². The molecule has 21 heavy (non-hydrogen) atoms. The highest BCUT2D eigenvalue weighted by Crippen LogP contribution is 2.38. The maximum atomic E-state index is 13.2. The van der Waals surface area contributed by atoms with Crippen molar-refractivity contribution in [2.75, 3.05) is 24.5 Å². The van der Waals surface area contributed by atoms with Gasteiger partial charge in [0.25, 0.3) is 0 Å². The summed E-state index contributed by atoms with van der Waals surface area (Å²) in [5, 5.41) is 3.39. The highest BCUT2D eigenvalue weighted by atomic mass is 79.9. The van der Waals surface area contributed by atoms with Gasteiger partial charge in [0.05, 0.1) is 11.3 Å². The molecule has 1 N–H and O–H groups in total. The second-order valence-corrected chi connectivity index (χ2v) is 6.26. The molecule has 1 atom stereocenters. The second kappa shape index (κ2) is 7.01. The van der Waals surface area contributed by atoms with Crippen LogP contribution in [0.1, 0.15) is 31.7 Å². The maximum Gasteiger partial charge on any atom is 0.418 e. The van der Waals surface area contributed by atoms with Crippen LogP contribution < -0.4 is 10.2 Å². The number of nitrogens with zero attached hydrogens (tertiary/aromatic N) is 1. The fraction of sp³-hybridized carbons (Fsp3) is 0.600. The third kappa shape index (κ3) is 4.36. The molecule has 0 bridgehead atoms. The lowest BCUT2D eigenvalue weighted by molar-refractivity contribution is -0.137. The first-order valence-electron chi connectivity index (χ1n) is 7.27. The molecule has 1 saturated heterocycles. The molecule has 1 aliphatic heterocycles. The van der Waals surface area contributed by atoms with Crippen LogP contribution in [0.2, 0.25) is 0 Å². The molecule has 2 rings (SSSR count). The molecular formula is C15H20BrF3N2. The van der Waals surface area contributed by atoms with Gasteiger partial charge in [0, 0.05) is 23.6 Å². The maximum absolute atomic E-state index is 13.2. The van der Waals surface area contributed by atoms with E-state index in [2.05, 4.69) is 21.2 Å². The number of hydrogen-bond acceptors (Lipinski definition) is 2. The minimum absolute atomic E-state index is 0.256. The quantitative estimate of drug-likeness (QED) is 0.849. The van der Waals surface area contributed by atoms with Gasteiger partial charge in [-0.05, 0) is 44.5 Å². The van der Waals surface area contributed by atoms with E-state index in [9.17, 15) is 13.2 Å². The molecule has 0 amide bonds. The molecule has 1 unspecified atom stereocenters. The van der Waals surface area contributed by atoms with Gasteiger partial charge < -0.3 is 10.2 Å². The predicted octanol–water partition coefficient (Wildman–Crippen LogP) is 4.44. The number of anilines is 1. The molecule has 0 aliphatic carbocycles. The third-order valence-corrected chi connectivity index (χ3v) is 4.33. The van der Waals surface area contributed by atoms with E-state index in [1.807, 2.05) is 11.8 Å². The highest BCUT2D eigenvalue weighted by Gasteiger charge is 2.35. The first-order valence-corrected chi connectivity index (χ1v) is 8.06. The Labute approximate surface area is 131 Å². The van der Waals surface area contributed by atoms with E-state index in [-0.39, 0.29) is 11.7 Å². The molecular weight excluding hydrogens is 345 g/mol. The summed E-state index contributed by atoms with van der Waals surface area (Å²) in [5.41, 5.74) is -0.310. The van der Waals surface area contributed by atoms with Gasteiger partial charge in [0.15, 0.2) is 0 Å². The number of piperidine rings is 1. The number of benzene rings is 1. The number of likely N-dealkylation sites (N-methyl/N-ethyl adjacent to an activating group) is 1. The van der Waals surface area contributed by atoms with E-state index < -0.39 is 11.7 Å². The number of hydrogen-bond donors (Lipinski definition) is 1. The molecule has 1 aliphatic rings. The van der Waals surface area contributed by atoms with Gasteiger partial charge in [-0.1, -0.05) is 22.4 Å². The van der Waals surface area contributed by atoms with Crippen molar-refractivity contribution in [1.82, 2.24) is 5.32 Å². The van der Waals surface area contributed by atoms with Crippen LogP contribution in [0.5, 0.6) is 0 Å². The molecule has 1 heterocycles. The van der Waals surface area contributed by atoms with Gasteiger partial charge in [-0.15, -0.1) is 0 Å². The average Bonchev–Trinajstić information content (AvgIpc) is 2.44. The van der Waals surface area contributed by atoms with Crippen molar-refractivity contribution in [3.63, 3.8) is 0 Å². The van der Waals surface area contributed by atoms with E-state index in [0.717, 1.165) is 31.9 Å². The lowest BCUT2D eigenvalue weighted by Gasteiger charge is -2.33. The van der Waals surface area contributed by atoms with E-state index in [1.54, 1.807) is 6.07 Å². The van der Waals surface area contributed by atoms with E-state index in [0.29, 0.717) is 17.6 Å². The highest BCUT2D eigenvalue weighted by molar-refractivity contribution is 9.10. The summed E-state index contributed by atoms with van der Waals surface area (Å²) < 4.78 is 40.3. The van der Waals surface area contributed by atoms with Crippen LogP contribution in [-0.2, 0) is 6.18 Å². The van der Waals surface area contributed by atoms with Gasteiger partial charge in [-0.2, -0.15) is 13.2 Å². The molecule has 2 nitrogen and oxygen atoms in total. The molecule has 1 fully saturated rings. The summed E-state index contributed by atoms with van der Waals surface area (Å²) in [6.45, 7) is 4.00. The van der Waals surface area contributed by atoms with Crippen molar-refractivity contribution in [2.24, 2.45) is 0 Å². The SMILES string of the molecule is CCN(CC1CCCCN1)c1cc(Br)ccc1C(F)(F)F. The van der Waals surface area contributed by atoms with Gasteiger partial charge >= 0.3 is 6.18 Å². The van der Waals surface area contributed by atoms with E-state index in [4.69, 9.17) is 0 Å². The summed E-state index contributed by atoms with van der Waals surface area (Å²) in [7, 11) is 0. The Morgan fingerprint density at radius 3 is 2.67 bits per heavy atom. The largest absolute Gasteiger partial charge is 0.418 e. The first kappa shape index (κ1) is 16.6. The molecule has 118 valence electrons. The Balaban J connectivity index is 2.25. The Morgan fingerprint density at radius 2 is 2.10 bits per heavy atom. The van der Waals surface area contributed by atoms with Crippen LogP contribution in [0.4, 0.5) is 18.9 Å². The standard InChI is InChI=1S/C15H20BrF3N2/c1-2-21(10-12-5-3-4-8-20-12)14-9-11(16)6-7-13(14)15(17,18)19/h6-7,9,12,20H,2-5,8,10H2,1H3. The molecule has 1 aromatic rings. The summed E-state index contributed by atoms with van der Waals surface area (Å²) in [6, 6.07) is 4.42. The number of nitrogens with one attached hydrogen (secondary N) is 1. The van der Waals surface area contributed by atoms with Crippen LogP contribution in [-0.4, -0.2) is 25.7 Å². The zero-order chi connectivity index (χ0) is 15.5. The monoisotopic (exact) mass is 364 g/mol. The van der Waals surface area contributed by atoms with Crippen LogP contribution in [0.15, 0.2) is 22.7 Å². The Hall–Kier alpha value is -0.750. The van der Waals surface area contributed by atoms with Gasteiger partial charge in [-0.3, -0.25) is 0 Å². The summed E-state index contributed by atoms with van der Waals surface area (Å²) in [5.74, 6) is 0. The summed E-state index contributed by atoms with van der Waals surface area (Å²) in [6.07, 6.45) is -1.03. The fourth-order valence-electron chi connectivity index (χ4n) is 2.75. The second-order valence-electron chi connectivity index (χ2n) is 5.34. The molecule has 0 spiro atoms. The zero-order valence-electron chi connectivity index (χ0n) is 12.0. The van der Waals surface area contributed by atoms with Crippen molar-refractivity contribution < 1.29 is 13.2 Å². The molecule has 0 radical (unpaired) electrons. The zero-order valence-corrected chi connectivity index (χ0v) is 13.6. The van der Waals surface area contributed by atoms with Crippen molar-refractivity contribution in [3.8, 4) is 0 Å². The predicted molar refractivity (Wildman–Crippen MR) is 82.7 cm³/mol. The van der Waals surface area contributed by atoms with Gasteiger partial charge in [-0.25, -0.2) is 0 Å². The Kier molecular flexibility index (Phi) is 5.54. The molecule has 6 heteroatoms. The van der Waals surface area contributed by atoms with Crippen molar-refractivity contribution in [3.05, 3.63) is 28.2 Å². The number of rotatable bonds is 4. The Morgan fingerprint density at radius 1 is 1.33 bits per heavy atom. The molecule has 0 saturated carbocycles. The smallest absolute Gasteiger partial charge is 0.370 e. The first-order chi connectivity index (χ1) is 9.91. The van der Waals surface area contributed by atoms with Crippen LogP contribution in [0.25, 0.3) is 0 Å². The fourth-order valence-corrected chi connectivity index (χ4v) is 3.10. The summed E-state index contributed by atoms with van der Waals surface area (Å²) in [4.78, 5) is 1.82. The van der Waals surface area contributed by atoms with Crippen LogP contribution in [0, 0.1) is 0 Å². The number of alkyl halides is 3. The normalized spacial score (nSPS) is 19.6. The van der Waals surface area contributed by atoms with E-state index >= 15 is 0 Å². The topological polar surface area (TPSA) is 15.3 Å². The van der Waals surface area contributed by atoms with Crippen molar-refractivity contribution in [2.45, 2.75) is 38.4 Å². The molecule has 1 aromatic carbocycles. The Bertz CT molecular complexity index is 470. The minimum atomic E-state index is -4.33. The average molecular weight is 365 g/mol. The van der Waals surface area contributed by atoms with E-state index in [1.165, 1.54) is 6.07 Å². The number of halogens is 4.